The number of likely N-dealkylation sites (tertiary alicyclic amines) is 1. The SMILES string of the molecule is CN1C(=O)C[C@@]2(C)c3ccccc3N[C@@H]12. The number of nitrogens with zero attached hydrogens (tertiary/aromatic N) is 1. The number of nitrogens with one attached hydrogen (secondary N) is 1. The fourth-order valence-corrected chi connectivity index (χ4v) is 2.86. The van der Waals surface area contributed by atoms with Crippen LogP contribution < -0.4 is 5.32 Å². The van der Waals surface area contributed by atoms with Crippen LogP contribution in [0.3, 0.4) is 0 Å². The number of para-hydroxylation sites is 1. The summed E-state index contributed by atoms with van der Waals surface area (Å²) < 4.78 is 0. The number of likely N-dealkylation sites (N-methyl/N-ethyl adjacent to an activating group) is 1. The molecular formula is C12H14N2O. The van der Waals surface area contributed by atoms with Crippen molar-refractivity contribution in [3.8, 4) is 0 Å². The van der Waals surface area contributed by atoms with E-state index in [1.807, 2.05) is 24.1 Å². The van der Waals surface area contributed by atoms with E-state index in [1.165, 1.54) is 11.3 Å². The maximum Gasteiger partial charge on any atom is 0.225 e. The average Bonchev–Trinajstić information content (AvgIpc) is 2.62. The fraction of sp³-hybridized carbons (Fsp3) is 0.417. The second-order valence-corrected chi connectivity index (χ2v) is 4.69. The molecule has 1 amide bonds. The first-order valence-corrected chi connectivity index (χ1v) is 5.24. The molecule has 1 saturated heterocycles. The summed E-state index contributed by atoms with van der Waals surface area (Å²) in [5.74, 6) is 0.226. The van der Waals surface area contributed by atoms with Gasteiger partial charge in [-0.1, -0.05) is 25.1 Å². The van der Waals surface area contributed by atoms with E-state index in [0.29, 0.717) is 6.42 Å². The topological polar surface area (TPSA) is 32.3 Å². The van der Waals surface area contributed by atoms with E-state index in [0.717, 1.165) is 0 Å². The number of carbonyl (C=O) groups is 1. The van der Waals surface area contributed by atoms with Crippen LogP contribution in [0.1, 0.15) is 18.9 Å². The van der Waals surface area contributed by atoms with Gasteiger partial charge < -0.3 is 10.2 Å². The van der Waals surface area contributed by atoms with E-state index in [9.17, 15) is 4.79 Å². The second kappa shape index (κ2) is 2.54. The number of anilines is 1. The van der Waals surface area contributed by atoms with Crippen molar-refractivity contribution in [2.24, 2.45) is 0 Å². The highest BCUT2D eigenvalue weighted by atomic mass is 16.2. The van der Waals surface area contributed by atoms with Crippen LogP contribution in [0.15, 0.2) is 24.3 Å². The van der Waals surface area contributed by atoms with Crippen molar-refractivity contribution in [2.45, 2.75) is 24.9 Å². The summed E-state index contributed by atoms with van der Waals surface area (Å²) in [6.07, 6.45) is 0.737. The molecule has 1 aromatic rings. The normalized spacial score (nSPS) is 32.5. The van der Waals surface area contributed by atoms with E-state index in [2.05, 4.69) is 24.4 Å². The van der Waals surface area contributed by atoms with Crippen molar-refractivity contribution in [3.05, 3.63) is 29.8 Å². The number of rotatable bonds is 0. The third kappa shape index (κ3) is 0.928. The molecule has 2 aliphatic heterocycles. The zero-order valence-electron chi connectivity index (χ0n) is 8.95. The Morgan fingerprint density at radius 3 is 3.00 bits per heavy atom. The first kappa shape index (κ1) is 8.77. The fourth-order valence-electron chi connectivity index (χ4n) is 2.86. The molecule has 15 heavy (non-hydrogen) atoms. The predicted octanol–water partition coefficient (Wildman–Crippen LogP) is 1.56. The molecule has 1 fully saturated rings. The van der Waals surface area contributed by atoms with Gasteiger partial charge in [0.2, 0.25) is 5.91 Å². The Kier molecular flexibility index (Phi) is 1.48. The predicted molar refractivity (Wildman–Crippen MR) is 58.6 cm³/mol. The lowest BCUT2D eigenvalue weighted by Gasteiger charge is -2.26. The van der Waals surface area contributed by atoms with Crippen LogP contribution in [0.4, 0.5) is 5.69 Å². The highest BCUT2D eigenvalue weighted by Crippen LogP contribution is 2.47. The van der Waals surface area contributed by atoms with E-state index < -0.39 is 0 Å². The van der Waals surface area contributed by atoms with Crippen LogP contribution in [0.25, 0.3) is 0 Å². The van der Waals surface area contributed by atoms with Gasteiger partial charge in [0, 0.05) is 24.6 Å². The molecule has 0 saturated carbocycles. The smallest absolute Gasteiger partial charge is 0.225 e. The summed E-state index contributed by atoms with van der Waals surface area (Å²) >= 11 is 0. The van der Waals surface area contributed by atoms with Gasteiger partial charge >= 0.3 is 0 Å². The van der Waals surface area contributed by atoms with Crippen molar-refractivity contribution in [3.63, 3.8) is 0 Å². The van der Waals surface area contributed by atoms with Gasteiger partial charge in [0.25, 0.3) is 0 Å². The summed E-state index contributed by atoms with van der Waals surface area (Å²) in [7, 11) is 1.87. The molecule has 2 heterocycles. The monoisotopic (exact) mass is 202 g/mol. The van der Waals surface area contributed by atoms with Crippen LogP contribution in [-0.2, 0) is 10.2 Å². The highest BCUT2D eigenvalue weighted by molar-refractivity contribution is 5.84. The van der Waals surface area contributed by atoms with Gasteiger partial charge in [-0.25, -0.2) is 0 Å². The standard InChI is InChI=1S/C12H14N2O/c1-12-7-10(15)14(2)11(12)13-9-6-4-3-5-8(9)12/h3-6,11,13H,7H2,1-2H3/t11-,12-/m0/s1. The molecular weight excluding hydrogens is 188 g/mol. The Morgan fingerprint density at radius 2 is 2.20 bits per heavy atom. The lowest BCUT2D eigenvalue weighted by molar-refractivity contribution is -0.127. The minimum atomic E-state index is -0.0531. The molecule has 3 nitrogen and oxygen atoms in total. The van der Waals surface area contributed by atoms with E-state index in [-0.39, 0.29) is 17.5 Å². The largest absolute Gasteiger partial charge is 0.364 e. The maximum absolute atomic E-state index is 11.7. The van der Waals surface area contributed by atoms with Crippen molar-refractivity contribution in [2.75, 3.05) is 12.4 Å². The molecule has 0 spiro atoms. The molecule has 0 unspecified atom stereocenters. The van der Waals surface area contributed by atoms with Crippen molar-refractivity contribution in [1.82, 2.24) is 4.90 Å². The molecule has 0 aliphatic carbocycles. The first-order valence-electron chi connectivity index (χ1n) is 5.24. The summed E-state index contributed by atoms with van der Waals surface area (Å²) in [6, 6.07) is 8.26. The molecule has 0 aromatic heterocycles. The first-order chi connectivity index (χ1) is 7.13. The van der Waals surface area contributed by atoms with Crippen LogP contribution in [0, 0.1) is 0 Å². The van der Waals surface area contributed by atoms with Crippen LogP contribution in [0.5, 0.6) is 0 Å². The number of carbonyl (C=O) groups excluding carboxylic acids is 1. The van der Waals surface area contributed by atoms with Crippen molar-refractivity contribution >= 4 is 11.6 Å². The Bertz CT molecular complexity index is 443. The molecule has 1 aromatic carbocycles. The maximum atomic E-state index is 11.7. The van der Waals surface area contributed by atoms with E-state index in [1.54, 1.807) is 0 Å². The number of hydrogen-bond donors (Lipinski definition) is 1. The van der Waals surface area contributed by atoms with Gasteiger partial charge in [-0.3, -0.25) is 4.79 Å². The van der Waals surface area contributed by atoms with Gasteiger partial charge in [-0.05, 0) is 11.6 Å². The van der Waals surface area contributed by atoms with Gasteiger partial charge in [-0.2, -0.15) is 0 Å². The Labute approximate surface area is 89.1 Å². The molecule has 2 atom stereocenters. The quantitative estimate of drug-likeness (QED) is 0.692. The summed E-state index contributed by atoms with van der Waals surface area (Å²) in [4.78, 5) is 13.5. The Morgan fingerprint density at radius 1 is 1.47 bits per heavy atom. The van der Waals surface area contributed by atoms with E-state index in [4.69, 9.17) is 0 Å². The van der Waals surface area contributed by atoms with Gasteiger partial charge in [-0.15, -0.1) is 0 Å². The molecule has 1 N–H and O–H groups in total. The average molecular weight is 202 g/mol. The van der Waals surface area contributed by atoms with Gasteiger partial charge in [0.05, 0.1) is 0 Å². The lowest BCUT2D eigenvalue weighted by Crippen LogP contribution is -2.40. The summed E-state index contributed by atoms with van der Waals surface area (Å²) in [6.45, 7) is 2.16. The summed E-state index contributed by atoms with van der Waals surface area (Å²) in [5, 5.41) is 3.42. The third-order valence-electron chi connectivity index (χ3n) is 3.74. The molecule has 3 rings (SSSR count). The number of fused-ring (bicyclic) bond motifs is 3. The van der Waals surface area contributed by atoms with Crippen LogP contribution in [0.2, 0.25) is 0 Å². The summed E-state index contributed by atoms with van der Waals surface area (Å²) in [5.41, 5.74) is 2.39. The zero-order valence-corrected chi connectivity index (χ0v) is 8.95. The van der Waals surface area contributed by atoms with E-state index >= 15 is 0 Å². The zero-order chi connectivity index (χ0) is 10.6. The lowest BCUT2D eigenvalue weighted by atomic mass is 9.81. The van der Waals surface area contributed by atoms with Crippen LogP contribution >= 0.6 is 0 Å². The van der Waals surface area contributed by atoms with Gasteiger partial charge in [0.1, 0.15) is 6.17 Å². The number of benzene rings is 1. The van der Waals surface area contributed by atoms with Crippen molar-refractivity contribution < 1.29 is 4.79 Å². The molecule has 3 heteroatoms. The third-order valence-corrected chi connectivity index (χ3v) is 3.74. The highest BCUT2D eigenvalue weighted by Gasteiger charge is 2.52. The molecule has 0 bridgehead atoms. The number of amides is 1. The Balaban J connectivity index is 2.15. The Hall–Kier alpha value is -1.51. The van der Waals surface area contributed by atoms with Crippen LogP contribution in [-0.4, -0.2) is 24.0 Å². The minimum Gasteiger partial charge on any atom is -0.364 e. The second-order valence-electron chi connectivity index (χ2n) is 4.69. The minimum absolute atomic E-state index is 0.0531. The molecule has 78 valence electrons. The number of hydrogen-bond acceptors (Lipinski definition) is 2. The molecule has 0 radical (unpaired) electrons. The van der Waals surface area contributed by atoms with Crippen molar-refractivity contribution in [1.29, 1.82) is 0 Å². The van der Waals surface area contributed by atoms with Gasteiger partial charge in [0.15, 0.2) is 0 Å². The molecule has 2 aliphatic rings.